The van der Waals surface area contributed by atoms with Gasteiger partial charge in [0.15, 0.2) is 0 Å². The van der Waals surface area contributed by atoms with E-state index in [0.29, 0.717) is 12.5 Å². The van der Waals surface area contributed by atoms with Crippen molar-refractivity contribution in [2.24, 2.45) is 0 Å². The van der Waals surface area contributed by atoms with Gasteiger partial charge in [0, 0.05) is 10.9 Å². The van der Waals surface area contributed by atoms with Crippen molar-refractivity contribution in [3.05, 3.63) is 70.7 Å². The van der Waals surface area contributed by atoms with Crippen LogP contribution in [0.4, 0.5) is 0 Å². The van der Waals surface area contributed by atoms with Gasteiger partial charge in [-0.25, -0.2) is 0 Å². The summed E-state index contributed by atoms with van der Waals surface area (Å²) in [5.41, 5.74) is 2.20. The van der Waals surface area contributed by atoms with Crippen LogP contribution in [0.5, 0.6) is 0 Å². The Morgan fingerprint density at radius 1 is 0.889 bits per heavy atom. The fraction of sp³-hybridized carbons (Fsp3) is 0.200. The van der Waals surface area contributed by atoms with Gasteiger partial charge in [-0.15, -0.1) is 11.6 Å². The van der Waals surface area contributed by atoms with Crippen LogP contribution in [0.2, 0.25) is 5.02 Å². The van der Waals surface area contributed by atoms with E-state index in [0.717, 1.165) is 16.1 Å². The molecule has 0 fully saturated rings. The molecule has 0 radical (unpaired) electrons. The Kier molecular flexibility index (Phi) is 5.06. The molecule has 0 N–H and O–H groups in total. The Labute approximate surface area is 117 Å². The minimum absolute atomic E-state index is 0.0952. The second-order valence-electron chi connectivity index (χ2n) is 3.90. The molecule has 0 heterocycles. The van der Waals surface area contributed by atoms with Crippen molar-refractivity contribution in [2.75, 3.05) is 12.5 Å². The number of benzene rings is 2. The third-order valence-electron chi connectivity index (χ3n) is 2.64. The zero-order chi connectivity index (χ0) is 12.8. The molecule has 0 aromatic heterocycles. The Balaban J connectivity index is 2.27. The first kappa shape index (κ1) is 13.4. The maximum atomic E-state index is 5.90. The van der Waals surface area contributed by atoms with Crippen LogP contribution in [-0.4, -0.2) is 12.5 Å². The molecule has 0 aliphatic carbocycles. The molecular formula is C15H14Cl2O. The van der Waals surface area contributed by atoms with E-state index < -0.39 is 0 Å². The maximum Gasteiger partial charge on any atom is 0.108 e. The van der Waals surface area contributed by atoms with Gasteiger partial charge in [0.25, 0.3) is 0 Å². The molecule has 0 saturated heterocycles. The number of hydrogen-bond acceptors (Lipinski definition) is 1. The molecule has 94 valence electrons. The highest BCUT2D eigenvalue weighted by molar-refractivity contribution is 6.30. The second-order valence-corrected chi connectivity index (χ2v) is 4.72. The first-order valence-electron chi connectivity index (χ1n) is 5.79. The molecule has 0 aliphatic rings. The standard InChI is InChI=1S/C15H14Cl2O/c16-10-11-18-15(12-4-2-1-3-5-12)13-6-8-14(17)9-7-13/h1-9,15H,10-11H2/t15-/m1/s1. The zero-order valence-electron chi connectivity index (χ0n) is 9.85. The fourth-order valence-electron chi connectivity index (χ4n) is 1.81. The molecule has 0 aliphatic heterocycles. The summed E-state index contributed by atoms with van der Waals surface area (Å²) in [4.78, 5) is 0. The van der Waals surface area contributed by atoms with E-state index in [1.165, 1.54) is 0 Å². The largest absolute Gasteiger partial charge is 0.368 e. The molecule has 0 saturated carbocycles. The summed E-state index contributed by atoms with van der Waals surface area (Å²) >= 11 is 11.6. The minimum Gasteiger partial charge on any atom is -0.368 e. The van der Waals surface area contributed by atoms with Crippen LogP contribution in [0, 0.1) is 0 Å². The van der Waals surface area contributed by atoms with Gasteiger partial charge in [-0.2, -0.15) is 0 Å². The van der Waals surface area contributed by atoms with Gasteiger partial charge >= 0.3 is 0 Å². The molecule has 0 bridgehead atoms. The Morgan fingerprint density at radius 3 is 2.11 bits per heavy atom. The summed E-state index contributed by atoms with van der Waals surface area (Å²) in [6.07, 6.45) is -0.0952. The summed E-state index contributed by atoms with van der Waals surface area (Å²) in [6, 6.07) is 17.8. The molecule has 0 spiro atoms. The molecule has 1 atom stereocenters. The van der Waals surface area contributed by atoms with Gasteiger partial charge in [0.1, 0.15) is 6.10 Å². The first-order valence-corrected chi connectivity index (χ1v) is 6.70. The Bertz CT molecular complexity index is 468. The van der Waals surface area contributed by atoms with Gasteiger partial charge in [-0.1, -0.05) is 54.1 Å². The number of ether oxygens (including phenoxy) is 1. The molecule has 0 amide bonds. The van der Waals surface area contributed by atoms with E-state index in [9.17, 15) is 0 Å². The Morgan fingerprint density at radius 2 is 1.50 bits per heavy atom. The normalized spacial score (nSPS) is 12.3. The highest BCUT2D eigenvalue weighted by Crippen LogP contribution is 2.26. The van der Waals surface area contributed by atoms with Gasteiger partial charge in [0.2, 0.25) is 0 Å². The maximum absolute atomic E-state index is 5.90. The van der Waals surface area contributed by atoms with Gasteiger partial charge in [0.05, 0.1) is 6.61 Å². The zero-order valence-corrected chi connectivity index (χ0v) is 11.4. The summed E-state index contributed by atoms with van der Waals surface area (Å²) in [5, 5.41) is 0.725. The highest BCUT2D eigenvalue weighted by atomic mass is 35.5. The third kappa shape index (κ3) is 3.49. The van der Waals surface area contributed by atoms with Crippen molar-refractivity contribution in [1.82, 2.24) is 0 Å². The second kappa shape index (κ2) is 6.79. The van der Waals surface area contributed by atoms with Crippen molar-refractivity contribution in [3.63, 3.8) is 0 Å². The Hall–Kier alpha value is -1.02. The number of hydrogen-bond donors (Lipinski definition) is 0. The van der Waals surface area contributed by atoms with Crippen LogP contribution in [0.1, 0.15) is 17.2 Å². The minimum atomic E-state index is -0.0952. The van der Waals surface area contributed by atoms with Crippen LogP contribution >= 0.6 is 23.2 Å². The topological polar surface area (TPSA) is 9.23 Å². The highest BCUT2D eigenvalue weighted by Gasteiger charge is 2.13. The van der Waals surface area contributed by atoms with Crippen LogP contribution in [0.15, 0.2) is 54.6 Å². The average molecular weight is 281 g/mol. The summed E-state index contributed by atoms with van der Waals surface area (Å²) in [5.74, 6) is 0.483. The van der Waals surface area contributed by atoms with E-state index in [1.807, 2.05) is 54.6 Å². The van der Waals surface area contributed by atoms with Crippen molar-refractivity contribution < 1.29 is 4.74 Å². The van der Waals surface area contributed by atoms with Crippen molar-refractivity contribution >= 4 is 23.2 Å². The number of alkyl halides is 1. The van der Waals surface area contributed by atoms with Gasteiger partial charge in [-0.05, 0) is 23.3 Å². The third-order valence-corrected chi connectivity index (χ3v) is 3.04. The lowest BCUT2D eigenvalue weighted by Gasteiger charge is -2.18. The van der Waals surface area contributed by atoms with Crippen molar-refractivity contribution in [3.8, 4) is 0 Å². The smallest absolute Gasteiger partial charge is 0.108 e. The summed E-state index contributed by atoms with van der Waals surface area (Å²) < 4.78 is 5.83. The number of halogens is 2. The van der Waals surface area contributed by atoms with Crippen LogP contribution in [-0.2, 0) is 4.74 Å². The predicted octanol–water partition coefficient (Wildman–Crippen LogP) is 4.68. The van der Waals surface area contributed by atoms with E-state index in [4.69, 9.17) is 27.9 Å². The van der Waals surface area contributed by atoms with E-state index in [2.05, 4.69) is 0 Å². The molecule has 3 heteroatoms. The van der Waals surface area contributed by atoms with Gasteiger partial charge < -0.3 is 4.74 Å². The molecule has 2 aromatic carbocycles. The fourth-order valence-corrected chi connectivity index (χ4v) is 2.03. The SMILES string of the molecule is ClCCO[C@H](c1ccccc1)c1ccc(Cl)cc1. The first-order chi connectivity index (χ1) is 8.81. The van der Waals surface area contributed by atoms with Crippen LogP contribution in [0.25, 0.3) is 0 Å². The van der Waals surface area contributed by atoms with Gasteiger partial charge in [-0.3, -0.25) is 0 Å². The quantitative estimate of drug-likeness (QED) is 0.723. The lowest BCUT2D eigenvalue weighted by molar-refractivity contribution is 0.0929. The monoisotopic (exact) mass is 280 g/mol. The lowest BCUT2D eigenvalue weighted by Crippen LogP contribution is -2.08. The van der Waals surface area contributed by atoms with E-state index in [1.54, 1.807) is 0 Å². The average Bonchev–Trinajstić information content (AvgIpc) is 2.42. The van der Waals surface area contributed by atoms with E-state index >= 15 is 0 Å². The predicted molar refractivity (Wildman–Crippen MR) is 76.4 cm³/mol. The molecule has 1 nitrogen and oxygen atoms in total. The van der Waals surface area contributed by atoms with Crippen molar-refractivity contribution in [2.45, 2.75) is 6.10 Å². The molecule has 2 rings (SSSR count). The molecular weight excluding hydrogens is 267 g/mol. The number of rotatable bonds is 5. The summed E-state index contributed by atoms with van der Waals surface area (Å²) in [7, 11) is 0. The molecule has 18 heavy (non-hydrogen) atoms. The molecule has 2 aromatic rings. The summed E-state index contributed by atoms with van der Waals surface area (Å²) in [6.45, 7) is 0.518. The van der Waals surface area contributed by atoms with E-state index in [-0.39, 0.29) is 6.10 Å². The van der Waals surface area contributed by atoms with Crippen LogP contribution in [0.3, 0.4) is 0 Å². The lowest BCUT2D eigenvalue weighted by atomic mass is 10.0. The van der Waals surface area contributed by atoms with Crippen LogP contribution < -0.4 is 0 Å². The molecule has 0 unspecified atom stereocenters. The van der Waals surface area contributed by atoms with Crippen molar-refractivity contribution in [1.29, 1.82) is 0 Å².